The molecule has 2 aromatic heterocycles. The molecule has 71 heavy (non-hydrogen) atoms. The standard InChI is InChI=1S/C26H31F3N2O6S.C21H23F3N2O5S.ClH/c27-26(28,29)12-3-4-19-6-11-22(30-18-19)20-7-9-21(10-8-20)38(33,34)25(13-16-35-17-14-25)24(32)31-37-23-5-1-2-15-36-23;22-21(23,24)9-1-2-15-3-8-18(25-14-15)16-4-6-17(7-5-16)32(29,30)20(19(27)26-28)10-12-31-13-11-20;/h6-11,18,23H,1-5,12-17H2,(H,31,32);3-8,14,28H,1-2,9-13H2,(H,26,27);1H. The van der Waals surface area contributed by atoms with E-state index in [1.54, 1.807) is 48.5 Å². The SMILES string of the molecule is Cl.O=C(NO)C1(S(=O)(=O)c2ccc(-c3ccc(CCCC(F)(F)F)cn3)cc2)CCOCC1.O=C(NOC1CCCCO1)C1(S(=O)(=O)c2ccc(-c3ccc(CCCC(F)(F)F)cn3)cc2)CCOCC1. The van der Waals surface area contributed by atoms with Gasteiger partial charge in [0.15, 0.2) is 35.5 Å². The van der Waals surface area contributed by atoms with Crippen molar-refractivity contribution in [2.75, 3.05) is 33.0 Å². The van der Waals surface area contributed by atoms with Gasteiger partial charge in [-0.1, -0.05) is 36.4 Å². The number of sulfone groups is 2. The zero-order valence-corrected chi connectivity index (χ0v) is 40.8. The summed E-state index contributed by atoms with van der Waals surface area (Å²) >= 11 is 0. The van der Waals surface area contributed by atoms with E-state index in [0.717, 1.165) is 12.8 Å². The number of carbonyl (C=O) groups is 2. The third-order valence-corrected chi connectivity index (χ3v) is 17.4. The minimum absolute atomic E-state index is 0. The highest BCUT2D eigenvalue weighted by molar-refractivity contribution is 7.94. The van der Waals surface area contributed by atoms with E-state index in [2.05, 4.69) is 15.4 Å². The number of aryl methyl sites for hydroxylation is 2. The molecule has 5 heterocycles. The van der Waals surface area contributed by atoms with Crippen molar-refractivity contribution in [3.05, 3.63) is 96.3 Å². The molecule has 3 aliphatic heterocycles. The molecular weight excluding hydrogens is 1010 g/mol. The first-order valence-corrected chi connectivity index (χ1v) is 25.6. The molecule has 1 unspecified atom stereocenters. The summed E-state index contributed by atoms with van der Waals surface area (Å²) in [5.74, 6) is -1.74. The number of benzene rings is 2. The number of nitrogens with zero attached hydrogens (tertiary/aromatic N) is 2. The molecule has 1 atom stereocenters. The third kappa shape index (κ3) is 14.5. The van der Waals surface area contributed by atoms with Crippen molar-refractivity contribution in [2.45, 2.75) is 121 Å². The molecule has 3 saturated heterocycles. The number of nitrogens with one attached hydrogen (secondary N) is 2. The van der Waals surface area contributed by atoms with Gasteiger partial charge in [0.2, 0.25) is 0 Å². The Labute approximate surface area is 413 Å². The summed E-state index contributed by atoms with van der Waals surface area (Å²) < 4.78 is 140. The molecule has 24 heteroatoms. The van der Waals surface area contributed by atoms with Gasteiger partial charge in [0.25, 0.3) is 11.8 Å². The molecule has 0 spiro atoms. The molecule has 15 nitrogen and oxygen atoms in total. The van der Waals surface area contributed by atoms with Crippen LogP contribution in [0.2, 0.25) is 0 Å². The van der Waals surface area contributed by atoms with Crippen LogP contribution in [-0.4, -0.2) is 105 Å². The summed E-state index contributed by atoms with van der Waals surface area (Å²) in [7, 11) is -8.26. The number of aromatic nitrogens is 2. The first kappa shape index (κ1) is 57.2. The largest absolute Gasteiger partial charge is 0.389 e. The second-order valence-corrected chi connectivity index (χ2v) is 21.6. The van der Waals surface area contributed by atoms with Crippen LogP contribution in [0.1, 0.15) is 81.8 Å². The topological polar surface area (TPSA) is 209 Å². The molecule has 4 aromatic rings. The van der Waals surface area contributed by atoms with Gasteiger partial charge in [0.1, 0.15) is 0 Å². The summed E-state index contributed by atoms with van der Waals surface area (Å²) in [4.78, 5) is 39.4. The monoisotopic (exact) mass is 1060 g/mol. The summed E-state index contributed by atoms with van der Waals surface area (Å²) in [6, 6.07) is 18.6. The molecule has 0 aliphatic carbocycles. The molecule has 3 fully saturated rings. The van der Waals surface area contributed by atoms with Gasteiger partial charge in [0, 0.05) is 75.8 Å². The van der Waals surface area contributed by atoms with Crippen molar-refractivity contribution in [3.8, 4) is 22.5 Å². The zero-order chi connectivity index (χ0) is 50.6. The molecule has 3 aliphatic rings. The number of hydrogen-bond acceptors (Lipinski definition) is 13. The Balaban J connectivity index is 0.000000264. The molecule has 3 N–H and O–H groups in total. The number of halogens is 7. The average Bonchev–Trinajstić information content (AvgIpc) is 3.36. The third-order valence-electron chi connectivity index (χ3n) is 12.4. The fourth-order valence-electron chi connectivity index (χ4n) is 8.29. The lowest BCUT2D eigenvalue weighted by molar-refractivity contribution is -0.202. The highest BCUT2D eigenvalue weighted by atomic mass is 35.5. The van der Waals surface area contributed by atoms with E-state index in [4.69, 9.17) is 24.3 Å². The van der Waals surface area contributed by atoms with Crippen molar-refractivity contribution in [1.82, 2.24) is 20.9 Å². The Bertz CT molecular complexity index is 2570. The van der Waals surface area contributed by atoms with Gasteiger partial charge in [-0.05, 0) is 112 Å². The summed E-state index contributed by atoms with van der Waals surface area (Å²) in [6.45, 7) is 0.890. The zero-order valence-electron chi connectivity index (χ0n) is 38.3. The van der Waals surface area contributed by atoms with Crippen molar-refractivity contribution in [2.24, 2.45) is 0 Å². The highest BCUT2D eigenvalue weighted by Gasteiger charge is 2.53. The first-order valence-electron chi connectivity index (χ1n) is 22.6. The Morgan fingerprint density at radius 2 is 1.06 bits per heavy atom. The predicted molar refractivity (Wildman–Crippen MR) is 247 cm³/mol. The van der Waals surface area contributed by atoms with Gasteiger partial charge < -0.3 is 14.2 Å². The Hall–Kier alpha value is -4.75. The van der Waals surface area contributed by atoms with Gasteiger partial charge in [-0.3, -0.25) is 24.8 Å². The molecule has 0 radical (unpaired) electrons. The van der Waals surface area contributed by atoms with Crippen LogP contribution >= 0.6 is 12.4 Å². The second kappa shape index (κ2) is 24.8. The molecule has 390 valence electrons. The van der Waals surface area contributed by atoms with Gasteiger partial charge >= 0.3 is 12.4 Å². The van der Waals surface area contributed by atoms with Crippen LogP contribution in [0.25, 0.3) is 22.5 Å². The maximum absolute atomic E-state index is 13.8. The summed E-state index contributed by atoms with van der Waals surface area (Å²) in [5, 5.41) is 9.10. The lowest BCUT2D eigenvalue weighted by atomic mass is 9.98. The number of amides is 2. The molecule has 7 rings (SSSR count). The van der Waals surface area contributed by atoms with Crippen LogP contribution in [-0.2, 0) is 61.2 Å². The van der Waals surface area contributed by atoms with Gasteiger partial charge in [0.05, 0.1) is 21.2 Å². The van der Waals surface area contributed by atoms with E-state index in [0.29, 0.717) is 46.7 Å². The maximum atomic E-state index is 13.8. The van der Waals surface area contributed by atoms with Gasteiger partial charge in [-0.2, -0.15) is 26.3 Å². The fourth-order valence-corrected chi connectivity index (χ4v) is 12.2. The number of alkyl halides is 6. The van der Waals surface area contributed by atoms with E-state index in [1.165, 1.54) is 42.1 Å². The van der Waals surface area contributed by atoms with E-state index in [1.807, 2.05) is 0 Å². The molecule has 0 saturated carbocycles. The maximum Gasteiger partial charge on any atom is 0.389 e. The van der Waals surface area contributed by atoms with Crippen molar-refractivity contribution in [3.63, 3.8) is 0 Å². The van der Waals surface area contributed by atoms with Crippen LogP contribution in [0.4, 0.5) is 26.3 Å². The minimum atomic E-state index is -4.18. The quantitative estimate of drug-likeness (QED) is 0.0548. The lowest BCUT2D eigenvalue weighted by Crippen LogP contribution is -2.56. The Kier molecular flexibility index (Phi) is 20.0. The molecular formula is C47H55ClF6N4O11S2. The second-order valence-electron chi connectivity index (χ2n) is 17.1. The van der Waals surface area contributed by atoms with Crippen LogP contribution < -0.4 is 11.0 Å². The van der Waals surface area contributed by atoms with E-state index in [-0.39, 0.29) is 100.0 Å². The van der Waals surface area contributed by atoms with Crippen LogP contribution in [0, 0.1) is 0 Å². The number of pyridine rings is 2. The van der Waals surface area contributed by atoms with Gasteiger partial charge in [-0.15, -0.1) is 12.4 Å². The van der Waals surface area contributed by atoms with Crippen molar-refractivity contribution >= 4 is 43.9 Å². The Morgan fingerprint density at radius 3 is 1.41 bits per heavy atom. The van der Waals surface area contributed by atoms with E-state index in [9.17, 15) is 52.8 Å². The van der Waals surface area contributed by atoms with E-state index < -0.39 is 72.5 Å². The lowest BCUT2D eigenvalue weighted by Gasteiger charge is -2.35. The number of hydrogen-bond donors (Lipinski definition) is 3. The van der Waals surface area contributed by atoms with Crippen molar-refractivity contribution in [1.29, 1.82) is 0 Å². The van der Waals surface area contributed by atoms with E-state index >= 15 is 0 Å². The molecule has 2 amide bonds. The minimum Gasteiger partial charge on any atom is -0.381 e. The normalized spacial score (nSPS) is 18.2. The molecule has 0 bridgehead atoms. The highest BCUT2D eigenvalue weighted by Crippen LogP contribution is 2.38. The van der Waals surface area contributed by atoms with Crippen LogP contribution in [0.3, 0.4) is 0 Å². The van der Waals surface area contributed by atoms with Crippen LogP contribution in [0.5, 0.6) is 0 Å². The van der Waals surface area contributed by atoms with Crippen LogP contribution in [0.15, 0.2) is 95.0 Å². The number of hydroxylamine groups is 2. The van der Waals surface area contributed by atoms with Gasteiger partial charge in [-0.25, -0.2) is 32.6 Å². The fraction of sp³-hybridized carbons (Fsp3) is 0.489. The predicted octanol–water partition coefficient (Wildman–Crippen LogP) is 8.41. The van der Waals surface area contributed by atoms with Crippen molar-refractivity contribution < 1.29 is 77.0 Å². The summed E-state index contributed by atoms with van der Waals surface area (Å²) in [5.41, 5.74) is 7.49. The summed E-state index contributed by atoms with van der Waals surface area (Å²) in [6.07, 6.45) is -5.00. The average molecular weight is 1070 g/mol. The number of ether oxygens (including phenoxy) is 3. The Morgan fingerprint density at radius 1 is 0.634 bits per heavy atom. The number of carbonyl (C=O) groups excluding carboxylic acids is 2. The smallest absolute Gasteiger partial charge is 0.381 e. The number of rotatable bonds is 16. The first-order chi connectivity index (χ1) is 33.2. The molecule has 2 aromatic carbocycles.